The van der Waals surface area contributed by atoms with Crippen LogP contribution in [0.25, 0.3) is 11.4 Å². The van der Waals surface area contributed by atoms with Crippen LogP contribution in [0, 0.1) is 12.3 Å². The van der Waals surface area contributed by atoms with Crippen LogP contribution in [0.3, 0.4) is 0 Å². The second-order valence-corrected chi connectivity index (χ2v) is 5.94. The molecular weight excluding hydrogens is 356 g/mol. The lowest BCUT2D eigenvalue weighted by molar-refractivity contribution is 0.0734. The van der Waals surface area contributed by atoms with Crippen molar-refractivity contribution in [2.24, 2.45) is 0 Å². The van der Waals surface area contributed by atoms with Gasteiger partial charge < -0.3 is 14.6 Å². The Morgan fingerprint density at radius 3 is 2.29 bits per heavy atom. The number of carbonyl (C=O) groups excluding carboxylic acids is 1. The number of aliphatic hydroxyl groups excluding tert-OH is 1. The highest BCUT2D eigenvalue weighted by molar-refractivity contribution is 5.91. The monoisotopic (exact) mass is 374 g/mol. The standard InChI is InChI=1S/C22H18N2O4/c1-3-18(25)12-15-4-10-19(11-5-15)28-22(26)17-8-6-16(7-9-17)21-23-13-20(27-2)14-24-21/h1,4-11,13-14,18,25H,12H2,2H3. The summed E-state index contributed by atoms with van der Waals surface area (Å²) in [6.45, 7) is 0. The lowest BCUT2D eigenvalue weighted by Crippen LogP contribution is -2.09. The molecule has 1 heterocycles. The van der Waals surface area contributed by atoms with Crippen LogP contribution in [0.5, 0.6) is 11.5 Å². The summed E-state index contributed by atoms with van der Waals surface area (Å²) in [5, 5.41) is 9.47. The molecule has 0 saturated carbocycles. The Hall–Kier alpha value is -3.69. The number of nitrogens with zero attached hydrogens (tertiary/aromatic N) is 2. The number of aliphatic hydroxyl groups is 1. The molecule has 1 unspecified atom stereocenters. The third kappa shape index (κ3) is 4.72. The van der Waals surface area contributed by atoms with Gasteiger partial charge >= 0.3 is 5.97 Å². The van der Waals surface area contributed by atoms with Crippen molar-refractivity contribution in [3.63, 3.8) is 0 Å². The number of ether oxygens (including phenoxy) is 2. The highest BCUT2D eigenvalue weighted by atomic mass is 16.5. The van der Waals surface area contributed by atoms with E-state index in [2.05, 4.69) is 15.9 Å². The second kappa shape index (κ2) is 8.80. The summed E-state index contributed by atoms with van der Waals surface area (Å²) in [6.07, 6.45) is 7.83. The summed E-state index contributed by atoms with van der Waals surface area (Å²) >= 11 is 0. The summed E-state index contributed by atoms with van der Waals surface area (Å²) in [4.78, 5) is 20.7. The molecule has 0 radical (unpaired) electrons. The van der Waals surface area contributed by atoms with Gasteiger partial charge in [0.15, 0.2) is 11.6 Å². The molecule has 0 fully saturated rings. The molecule has 0 aliphatic carbocycles. The van der Waals surface area contributed by atoms with Crippen LogP contribution in [0.2, 0.25) is 0 Å². The Bertz CT molecular complexity index is 975. The summed E-state index contributed by atoms with van der Waals surface area (Å²) in [5.41, 5.74) is 2.04. The molecule has 3 rings (SSSR count). The van der Waals surface area contributed by atoms with Gasteiger partial charge in [0.25, 0.3) is 0 Å². The Morgan fingerprint density at radius 1 is 1.07 bits per heavy atom. The maximum Gasteiger partial charge on any atom is 0.343 e. The van der Waals surface area contributed by atoms with Crippen LogP contribution in [-0.2, 0) is 6.42 Å². The maximum atomic E-state index is 12.3. The lowest BCUT2D eigenvalue weighted by atomic mass is 10.1. The first-order valence-corrected chi connectivity index (χ1v) is 8.51. The van der Waals surface area contributed by atoms with E-state index in [1.54, 1.807) is 68.0 Å². The van der Waals surface area contributed by atoms with Crippen molar-refractivity contribution in [2.45, 2.75) is 12.5 Å². The van der Waals surface area contributed by atoms with Crippen LogP contribution < -0.4 is 9.47 Å². The molecule has 2 aromatic carbocycles. The molecule has 6 nitrogen and oxygen atoms in total. The van der Waals surface area contributed by atoms with Gasteiger partial charge in [-0.25, -0.2) is 14.8 Å². The number of terminal acetylenes is 1. The van der Waals surface area contributed by atoms with E-state index in [0.717, 1.165) is 11.1 Å². The Kier molecular flexibility index (Phi) is 6.00. The molecule has 0 amide bonds. The first-order chi connectivity index (χ1) is 13.6. The van der Waals surface area contributed by atoms with Crippen molar-refractivity contribution < 1.29 is 19.4 Å². The molecule has 0 bridgehead atoms. The zero-order chi connectivity index (χ0) is 19.9. The van der Waals surface area contributed by atoms with Gasteiger partial charge in [0, 0.05) is 12.0 Å². The van der Waals surface area contributed by atoms with E-state index in [4.69, 9.17) is 15.9 Å². The van der Waals surface area contributed by atoms with E-state index < -0.39 is 12.1 Å². The smallest absolute Gasteiger partial charge is 0.343 e. The average molecular weight is 374 g/mol. The van der Waals surface area contributed by atoms with Crippen molar-refractivity contribution >= 4 is 5.97 Å². The molecule has 140 valence electrons. The summed E-state index contributed by atoms with van der Waals surface area (Å²) in [5.74, 6) is 3.30. The van der Waals surface area contributed by atoms with Crippen LogP contribution in [0.1, 0.15) is 15.9 Å². The predicted octanol–water partition coefficient (Wildman–Crippen LogP) is 2.91. The van der Waals surface area contributed by atoms with Crippen LogP contribution >= 0.6 is 0 Å². The zero-order valence-electron chi connectivity index (χ0n) is 15.2. The molecule has 0 aliphatic heterocycles. The molecule has 1 aromatic heterocycles. The number of benzene rings is 2. The summed E-state index contributed by atoms with van der Waals surface area (Å²) < 4.78 is 10.4. The number of methoxy groups -OCH3 is 1. The fourth-order valence-corrected chi connectivity index (χ4v) is 2.47. The first-order valence-electron chi connectivity index (χ1n) is 8.51. The molecule has 1 atom stereocenters. The third-order valence-electron chi connectivity index (χ3n) is 4.00. The largest absolute Gasteiger partial charge is 0.494 e. The van der Waals surface area contributed by atoms with Crippen LogP contribution in [0.15, 0.2) is 60.9 Å². The predicted molar refractivity (Wildman–Crippen MR) is 104 cm³/mol. The van der Waals surface area contributed by atoms with Gasteiger partial charge in [0.05, 0.1) is 25.1 Å². The molecule has 6 heteroatoms. The van der Waals surface area contributed by atoms with Gasteiger partial charge in [-0.3, -0.25) is 0 Å². The fourth-order valence-electron chi connectivity index (χ4n) is 2.47. The molecule has 1 N–H and O–H groups in total. The van der Waals surface area contributed by atoms with Gasteiger partial charge in [-0.1, -0.05) is 30.2 Å². The minimum absolute atomic E-state index is 0.347. The second-order valence-electron chi connectivity index (χ2n) is 5.94. The third-order valence-corrected chi connectivity index (χ3v) is 4.00. The number of esters is 1. The van der Waals surface area contributed by atoms with Crippen molar-refractivity contribution in [2.75, 3.05) is 7.11 Å². The normalized spacial score (nSPS) is 11.3. The van der Waals surface area contributed by atoms with E-state index in [9.17, 15) is 9.90 Å². The van der Waals surface area contributed by atoms with E-state index in [1.165, 1.54) is 0 Å². The zero-order valence-corrected chi connectivity index (χ0v) is 15.2. The number of rotatable bonds is 6. The number of aromatic nitrogens is 2. The molecule has 0 spiro atoms. The summed E-state index contributed by atoms with van der Waals surface area (Å²) in [7, 11) is 1.55. The van der Waals surface area contributed by atoms with Gasteiger partial charge in [-0.15, -0.1) is 6.42 Å². The molecule has 0 aliphatic rings. The minimum atomic E-state index is -0.832. The first kappa shape index (κ1) is 19.1. The van der Waals surface area contributed by atoms with E-state index in [-0.39, 0.29) is 0 Å². The van der Waals surface area contributed by atoms with Crippen molar-refractivity contribution in [3.8, 4) is 35.2 Å². The highest BCUT2D eigenvalue weighted by Crippen LogP contribution is 2.19. The summed E-state index contributed by atoms with van der Waals surface area (Å²) in [6, 6.07) is 13.7. The number of carbonyl (C=O) groups is 1. The van der Waals surface area contributed by atoms with Crippen molar-refractivity contribution in [1.82, 2.24) is 9.97 Å². The van der Waals surface area contributed by atoms with Gasteiger partial charge in [0.1, 0.15) is 11.9 Å². The molecule has 0 saturated heterocycles. The topological polar surface area (TPSA) is 81.5 Å². The number of hydrogen-bond donors (Lipinski definition) is 1. The Morgan fingerprint density at radius 2 is 1.71 bits per heavy atom. The van der Waals surface area contributed by atoms with E-state index in [0.29, 0.717) is 29.3 Å². The maximum absolute atomic E-state index is 12.3. The van der Waals surface area contributed by atoms with E-state index in [1.807, 2.05) is 0 Å². The van der Waals surface area contributed by atoms with Crippen molar-refractivity contribution in [3.05, 3.63) is 72.1 Å². The van der Waals surface area contributed by atoms with Gasteiger partial charge in [0.2, 0.25) is 0 Å². The molecule has 28 heavy (non-hydrogen) atoms. The quantitative estimate of drug-likeness (QED) is 0.406. The fraction of sp³-hybridized carbons (Fsp3) is 0.136. The Labute approximate surface area is 162 Å². The van der Waals surface area contributed by atoms with Gasteiger partial charge in [-0.2, -0.15) is 0 Å². The lowest BCUT2D eigenvalue weighted by Gasteiger charge is -2.07. The van der Waals surface area contributed by atoms with Gasteiger partial charge in [-0.05, 0) is 29.8 Å². The number of hydrogen-bond acceptors (Lipinski definition) is 6. The SMILES string of the molecule is C#CC(O)Cc1ccc(OC(=O)c2ccc(-c3ncc(OC)cn3)cc2)cc1. The minimum Gasteiger partial charge on any atom is -0.494 e. The molecular formula is C22H18N2O4. The van der Waals surface area contributed by atoms with E-state index >= 15 is 0 Å². The van der Waals surface area contributed by atoms with Crippen LogP contribution in [0.4, 0.5) is 0 Å². The van der Waals surface area contributed by atoms with Crippen molar-refractivity contribution in [1.29, 1.82) is 0 Å². The Balaban J connectivity index is 1.65. The average Bonchev–Trinajstić information content (AvgIpc) is 2.75. The molecule has 3 aromatic rings. The highest BCUT2D eigenvalue weighted by Gasteiger charge is 2.10. The van der Waals surface area contributed by atoms with Crippen LogP contribution in [-0.4, -0.2) is 34.3 Å².